The fourth-order valence-electron chi connectivity index (χ4n) is 6.24. The van der Waals surface area contributed by atoms with Crippen LogP contribution in [0, 0.1) is 19.3 Å². The highest BCUT2D eigenvalue weighted by Crippen LogP contribution is 2.42. The molecule has 3 nitrogen and oxygen atoms in total. The van der Waals surface area contributed by atoms with Crippen molar-refractivity contribution in [3.8, 4) is 11.1 Å². The number of hydrogen-bond donors (Lipinski definition) is 1. The Hall–Kier alpha value is -2.13. The normalized spacial score (nSPS) is 20.7. The average molecular weight is 434 g/mol. The summed E-state index contributed by atoms with van der Waals surface area (Å²) in [5.74, 6) is -0.749. The predicted molar refractivity (Wildman–Crippen MR) is 132 cm³/mol. The number of aliphatic carboxylic acids is 1. The van der Waals surface area contributed by atoms with Crippen LogP contribution in [0.3, 0.4) is 0 Å². The summed E-state index contributed by atoms with van der Waals surface area (Å²) in [6, 6.07) is 9.40. The Morgan fingerprint density at radius 1 is 1.12 bits per heavy atom. The molecule has 1 fully saturated rings. The average Bonchev–Trinajstić information content (AvgIpc) is 2.76. The number of hydrogen-bond acceptors (Lipinski definition) is 2. The summed E-state index contributed by atoms with van der Waals surface area (Å²) in [4.78, 5) is 14.5. The zero-order valence-electron chi connectivity index (χ0n) is 20.6. The van der Waals surface area contributed by atoms with Crippen molar-refractivity contribution in [3.63, 3.8) is 0 Å². The van der Waals surface area contributed by atoms with Gasteiger partial charge in [-0.15, -0.1) is 0 Å². The van der Waals surface area contributed by atoms with Crippen LogP contribution in [-0.2, 0) is 30.6 Å². The number of fused-ring (bicyclic) bond motifs is 1. The molecule has 0 amide bonds. The van der Waals surface area contributed by atoms with Gasteiger partial charge >= 0.3 is 5.97 Å². The van der Waals surface area contributed by atoms with Gasteiger partial charge in [0.2, 0.25) is 0 Å². The van der Waals surface area contributed by atoms with Gasteiger partial charge in [0.05, 0.1) is 6.42 Å². The highest BCUT2D eigenvalue weighted by molar-refractivity contribution is 5.81. The van der Waals surface area contributed by atoms with Gasteiger partial charge < -0.3 is 5.11 Å². The Kier molecular flexibility index (Phi) is 6.49. The molecule has 1 saturated carbocycles. The maximum absolute atomic E-state index is 11.8. The summed E-state index contributed by atoms with van der Waals surface area (Å²) in [6.07, 6.45) is 7.37. The third kappa shape index (κ3) is 4.50. The number of carboxylic acid groups (broad SMARTS) is 1. The summed E-state index contributed by atoms with van der Waals surface area (Å²) < 4.78 is 0. The summed E-state index contributed by atoms with van der Waals surface area (Å²) in [7, 11) is 0. The van der Waals surface area contributed by atoms with Crippen molar-refractivity contribution >= 4 is 5.97 Å². The molecule has 3 heteroatoms. The lowest BCUT2D eigenvalue weighted by Gasteiger charge is -2.44. The van der Waals surface area contributed by atoms with Crippen molar-refractivity contribution in [2.75, 3.05) is 6.54 Å². The fourth-order valence-corrected chi connectivity index (χ4v) is 6.24. The number of aryl methyl sites for hydroxylation is 1. The molecule has 0 saturated heterocycles. The van der Waals surface area contributed by atoms with Crippen LogP contribution in [0.1, 0.15) is 79.8 Å². The summed E-state index contributed by atoms with van der Waals surface area (Å²) >= 11 is 0. The van der Waals surface area contributed by atoms with E-state index in [2.05, 4.69) is 63.8 Å². The minimum absolute atomic E-state index is 0.0886. The summed E-state index contributed by atoms with van der Waals surface area (Å²) in [5, 5.41) is 9.69. The van der Waals surface area contributed by atoms with E-state index in [-0.39, 0.29) is 6.42 Å². The number of rotatable bonds is 5. The lowest BCUT2D eigenvalue weighted by atomic mass is 9.74. The first kappa shape index (κ1) is 23.0. The van der Waals surface area contributed by atoms with Gasteiger partial charge in [-0.25, -0.2) is 0 Å². The molecule has 1 N–H and O–H groups in total. The van der Waals surface area contributed by atoms with E-state index in [1.807, 2.05) is 0 Å². The highest BCUT2D eigenvalue weighted by atomic mass is 16.4. The lowest BCUT2D eigenvalue weighted by molar-refractivity contribution is -0.136. The van der Waals surface area contributed by atoms with Crippen molar-refractivity contribution in [1.29, 1.82) is 0 Å². The molecule has 0 bridgehead atoms. The van der Waals surface area contributed by atoms with E-state index in [4.69, 9.17) is 0 Å². The van der Waals surface area contributed by atoms with Gasteiger partial charge in [-0.05, 0) is 95.9 Å². The second-order valence-corrected chi connectivity index (χ2v) is 10.8. The third-order valence-corrected chi connectivity index (χ3v) is 8.08. The third-order valence-electron chi connectivity index (χ3n) is 8.08. The number of carbonyl (C=O) groups is 1. The first-order chi connectivity index (χ1) is 15.2. The van der Waals surface area contributed by atoms with E-state index < -0.39 is 5.97 Å². The van der Waals surface area contributed by atoms with Crippen LogP contribution < -0.4 is 0 Å². The van der Waals surface area contributed by atoms with Crippen molar-refractivity contribution in [2.45, 2.75) is 92.2 Å². The quantitative estimate of drug-likeness (QED) is 0.586. The second kappa shape index (κ2) is 9.02. The second-order valence-electron chi connectivity index (χ2n) is 10.8. The molecular weight excluding hydrogens is 394 g/mol. The Morgan fingerprint density at radius 3 is 2.47 bits per heavy atom. The molecule has 2 aromatic carbocycles. The minimum Gasteiger partial charge on any atom is -0.481 e. The molecule has 4 rings (SSSR count). The molecule has 0 aromatic heterocycles. The number of benzene rings is 2. The Balaban J connectivity index is 1.77. The van der Waals surface area contributed by atoms with Gasteiger partial charge in [-0.1, -0.05) is 51.5 Å². The van der Waals surface area contributed by atoms with Crippen LogP contribution in [0.25, 0.3) is 11.1 Å². The Morgan fingerprint density at radius 2 is 1.84 bits per heavy atom. The van der Waals surface area contributed by atoms with Crippen LogP contribution in [0.2, 0.25) is 0 Å². The maximum atomic E-state index is 11.8. The van der Waals surface area contributed by atoms with Gasteiger partial charge in [0.25, 0.3) is 0 Å². The van der Waals surface area contributed by atoms with E-state index >= 15 is 0 Å². The molecule has 1 aliphatic carbocycles. The molecule has 1 aliphatic heterocycles. The van der Waals surface area contributed by atoms with E-state index in [9.17, 15) is 9.90 Å². The Bertz CT molecular complexity index is 1000. The van der Waals surface area contributed by atoms with Gasteiger partial charge in [0.15, 0.2) is 0 Å². The van der Waals surface area contributed by atoms with Crippen LogP contribution in [0.4, 0.5) is 0 Å². The number of carboxylic acids is 1. The molecule has 0 radical (unpaired) electrons. The van der Waals surface area contributed by atoms with Crippen LogP contribution in [-0.4, -0.2) is 28.6 Å². The molecule has 172 valence electrons. The molecule has 1 unspecified atom stereocenters. The minimum atomic E-state index is -0.749. The van der Waals surface area contributed by atoms with Crippen molar-refractivity contribution in [1.82, 2.24) is 4.90 Å². The first-order valence-electron chi connectivity index (χ1n) is 12.4. The topological polar surface area (TPSA) is 40.5 Å². The van der Waals surface area contributed by atoms with Crippen molar-refractivity contribution in [2.24, 2.45) is 5.41 Å². The Labute approximate surface area is 193 Å². The molecular formula is C29H39NO2. The van der Waals surface area contributed by atoms with Gasteiger partial charge in [-0.2, -0.15) is 0 Å². The van der Waals surface area contributed by atoms with Crippen LogP contribution >= 0.6 is 0 Å². The van der Waals surface area contributed by atoms with Gasteiger partial charge in [0, 0.05) is 19.1 Å². The van der Waals surface area contributed by atoms with Gasteiger partial charge in [-0.3, -0.25) is 9.69 Å². The molecule has 2 aromatic rings. The smallest absolute Gasteiger partial charge is 0.307 e. The van der Waals surface area contributed by atoms with E-state index in [1.165, 1.54) is 53.5 Å². The maximum Gasteiger partial charge on any atom is 0.307 e. The fraction of sp³-hybridized carbons (Fsp3) is 0.552. The summed E-state index contributed by atoms with van der Waals surface area (Å²) in [6.45, 7) is 13.5. The lowest BCUT2D eigenvalue weighted by Crippen LogP contribution is -2.44. The largest absolute Gasteiger partial charge is 0.481 e. The molecule has 1 atom stereocenters. The van der Waals surface area contributed by atoms with E-state index in [1.54, 1.807) is 0 Å². The van der Waals surface area contributed by atoms with Gasteiger partial charge in [0.1, 0.15) is 0 Å². The zero-order valence-corrected chi connectivity index (χ0v) is 20.6. The molecule has 1 heterocycles. The van der Waals surface area contributed by atoms with Crippen LogP contribution in [0.5, 0.6) is 0 Å². The highest BCUT2D eigenvalue weighted by Gasteiger charge is 2.34. The summed E-state index contributed by atoms with van der Waals surface area (Å²) in [5.41, 5.74) is 10.4. The number of nitrogens with zero attached hydrogens (tertiary/aromatic N) is 1. The monoisotopic (exact) mass is 433 g/mol. The zero-order chi connectivity index (χ0) is 23.0. The first-order valence-corrected chi connectivity index (χ1v) is 12.4. The standard InChI is InChI=1S/C29H39NO2/c1-6-21-9-11-22(12-10-21)28-20(3)26-18-30(23-8-7-14-29(4,5)17-23)15-13-24(26)19(2)25(28)16-27(31)32/h9-12,23H,6-8,13-18H2,1-5H3,(H,31,32). The van der Waals surface area contributed by atoms with E-state index in [0.717, 1.165) is 42.6 Å². The molecule has 32 heavy (non-hydrogen) atoms. The molecule has 0 spiro atoms. The van der Waals surface area contributed by atoms with Crippen molar-refractivity contribution < 1.29 is 9.90 Å². The predicted octanol–water partition coefficient (Wildman–Crippen LogP) is 6.49. The SMILES string of the molecule is CCc1ccc(-c2c(C)c3c(c(C)c2CC(=O)O)CCN(C2CCCC(C)(C)C2)C3)cc1. The van der Waals surface area contributed by atoms with Crippen molar-refractivity contribution in [3.05, 3.63) is 57.6 Å². The molecule has 2 aliphatic rings. The van der Waals surface area contributed by atoms with Crippen LogP contribution in [0.15, 0.2) is 24.3 Å². The van der Waals surface area contributed by atoms with E-state index in [0.29, 0.717) is 11.5 Å².